The molecule has 0 aromatic rings. The summed E-state index contributed by atoms with van der Waals surface area (Å²) in [6, 6.07) is 0. The van der Waals surface area contributed by atoms with Crippen molar-refractivity contribution in [1.82, 2.24) is 0 Å². The molecule has 3 fully saturated rings. The highest BCUT2D eigenvalue weighted by Gasteiger charge is 2.61. The lowest BCUT2D eigenvalue weighted by molar-refractivity contribution is -0.400. The van der Waals surface area contributed by atoms with Crippen molar-refractivity contribution in [3.8, 4) is 0 Å². The lowest BCUT2D eigenvalue weighted by Gasteiger charge is -2.45. The highest BCUT2D eigenvalue weighted by atomic mass is 16.8. The van der Waals surface area contributed by atoms with E-state index in [1.165, 1.54) is 0 Å². The Bertz CT molecular complexity index is 651. The molecule has 0 aromatic carbocycles. The summed E-state index contributed by atoms with van der Waals surface area (Å²) in [6.45, 7) is -3.49. The van der Waals surface area contributed by atoms with Gasteiger partial charge in [0.15, 0.2) is 12.6 Å². The van der Waals surface area contributed by atoms with E-state index >= 15 is 0 Å². The van der Waals surface area contributed by atoms with Crippen LogP contribution in [0.3, 0.4) is 0 Å². The van der Waals surface area contributed by atoms with Gasteiger partial charge in [0.05, 0.1) is 19.8 Å². The molecular weight excluding hydrogens is 472 g/mol. The lowest BCUT2D eigenvalue weighted by atomic mass is 9.98. The summed E-state index contributed by atoms with van der Waals surface area (Å²) in [7, 11) is 0. The van der Waals surface area contributed by atoms with Crippen molar-refractivity contribution in [2.45, 2.75) is 85.5 Å². The quantitative estimate of drug-likeness (QED) is 0.146. The Hall–Kier alpha value is -0.640. The van der Waals surface area contributed by atoms with Crippen LogP contribution in [0.25, 0.3) is 0 Å². The number of aliphatic hydroxyl groups is 11. The molecule has 11 N–H and O–H groups in total. The van der Waals surface area contributed by atoms with Gasteiger partial charge in [-0.3, -0.25) is 0 Å². The molecule has 3 aliphatic rings. The molecule has 34 heavy (non-hydrogen) atoms. The highest BCUT2D eigenvalue weighted by molar-refractivity contribution is 5.01. The molecule has 0 spiro atoms. The first-order valence-corrected chi connectivity index (χ1v) is 10.6. The van der Waals surface area contributed by atoms with Crippen LogP contribution >= 0.6 is 0 Å². The highest BCUT2D eigenvalue weighted by Crippen LogP contribution is 2.39. The van der Waals surface area contributed by atoms with Gasteiger partial charge < -0.3 is 79.9 Å². The van der Waals surface area contributed by atoms with Gasteiger partial charge in [0.2, 0.25) is 5.79 Å². The van der Waals surface area contributed by atoms with E-state index in [0.29, 0.717) is 0 Å². The second-order valence-electron chi connectivity index (χ2n) is 8.37. The summed E-state index contributed by atoms with van der Waals surface area (Å²) < 4.78 is 27.0. The SMILES string of the molecule is OC[C@H]1O[C@H](O[C@H]2[C@H](O)[C@@H](CO)O[C@@]2(CO)O[C@@H]2O[C@H](CO)[C@H](O)[C@@H](O)[C@H]2O)[C@@H](O)[C@@H](O)[C@H]1O. The molecule has 0 amide bonds. The zero-order valence-electron chi connectivity index (χ0n) is 17.8. The van der Waals surface area contributed by atoms with E-state index in [-0.39, 0.29) is 0 Å². The standard InChI is InChI=1S/C18H32O16/c19-1-5-8(23)11(26)13(28)16(30-5)32-15-10(25)7(3-21)33-18(15,4-22)34-17-14(29)12(27)9(24)6(2-20)31-17/h5-17,19-29H,1-4H2/t5-,6-,7-,8+,9+,10-,11+,12-,13+,14-,15+,16-,17+,18+/m1/s1. The van der Waals surface area contributed by atoms with Crippen LogP contribution in [0.15, 0.2) is 0 Å². The molecule has 0 aromatic heterocycles. The molecule has 16 heteroatoms. The van der Waals surface area contributed by atoms with Crippen LogP contribution < -0.4 is 0 Å². The van der Waals surface area contributed by atoms with Gasteiger partial charge in [-0.05, 0) is 0 Å². The molecule has 200 valence electrons. The molecule has 16 nitrogen and oxygen atoms in total. The van der Waals surface area contributed by atoms with Gasteiger partial charge in [0, 0.05) is 0 Å². The Morgan fingerprint density at radius 2 is 1.03 bits per heavy atom. The van der Waals surface area contributed by atoms with Gasteiger partial charge in [-0.2, -0.15) is 0 Å². The molecule has 14 atom stereocenters. The molecule has 0 radical (unpaired) electrons. The van der Waals surface area contributed by atoms with Crippen LogP contribution in [-0.4, -0.2) is 168 Å². The van der Waals surface area contributed by atoms with Gasteiger partial charge in [-0.25, -0.2) is 0 Å². The number of ether oxygens (including phenoxy) is 5. The normalized spacial score (nSPS) is 52.1. The van der Waals surface area contributed by atoms with Gasteiger partial charge in [-0.1, -0.05) is 0 Å². The van der Waals surface area contributed by atoms with E-state index < -0.39 is 112 Å². The first-order valence-electron chi connectivity index (χ1n) is 10.6. The lowest BCUT2D eigenvalue weighted by Crippen LogP contribution is -2.64. The van der Waals surface area contributed by atoms with Crippen molar-refractivity contribution < 1.29 is 79.9 Å². The average molecular weight is 504 g/mol. The molecule has 0 aliphatic carbocycles. The van der Waals surface area contributed by atoms with Crippen molar-refractivity contribution in [1.29, 1.82) is 0 Å². The molecule has 0 bridgehead atoms. The first-order chi connectivity index (χ1) is 16.0. The topological polar surface area (TPSA) is 269 Å². The fraction of sp³-hybridized carbons (Fsp3) is 1.00. The molecule has 0 unspecified atom stereocenters. The van der Waals surface area contributed by atoms with Crippen LogP contribution in [0.1, 0.15) is 0 Å². The van der Waals surface area contributed by atoms with Crippen molar-refractivity contribution in [2.24, 2.45) is 0 Å². The van der Waals surface area contributed by atoms with Crippen molar-refractivity contribution in [3.05, 3.63) is 0 Å². The van der Waals surface area contributed by atoms with E-state index in [0.717, 1.165) is 0 Å². The van der Waals surface area contributed by atoms with Gasteiger partial charge in [-0.15, -0.1) is 0 Å². The van der Waals surface area contributed by atoms with Gasteiger partial charge in [0.25, 0.3) is 0 Å². The minimum atomic E-state index is -2.43. The van der Waals surface area contributed by atoms with E-state index in [1.807, 2.05) is 0 Å². The van der Waals surface area contributed by atoms with E-state index in [9.17, 15) is 56.2 Å². The van der Waals surface area contributed by atoms with E-state index in [1.54, 1.807) is 0 Å². The molecule has 3 rings (SSSR count). The van der Waals surface area contributed by atoms with Crippen molar-refractivity contribution in [3.63, 3.8) is 0 Å². The zero-order valence-corrected chi connectivity index (χ0v) is 17.8. The van der Waals surface area contributed by atoms with Crippen molar-refractivity contribution in [2.75, 3.05) is 26.4 Å². The van der Waals surface area contributed by atoms with Crippen LogP contribution in [0, 0.1) is 0 Å². The molecule has 3 saturated heterocycles. The summed E-state index contributed by atoms with van der Waals surface area (Å²) in [5.74, 6) is -2.43. The summed E-state index contributed by atoms with van der Waals surface area (Å²) >= 11 is 0. The maximum atomic E-state index is 10.6. The Balaban J connectivity index is 1.87. The maximum absolute atomic E-state index is 10.6. The Morgan fingerprint density at radius 3 is 1.50 bits per heavy atom. The fourth-order valence-electron chi connectivity index (χ4n) is 4.12. The van der Waals surface area contributed by atoms with E-state index in [2.05, 4.69) is 0 Å². The monoisotopic (exact) mass is 504 g/mol. The molecular formula is C18H32O16. The summed E-state index contributed by atoms with van der Waals surface area (Å²) in [5.41, 5.74) is 0. The number of hydrogen-bond acceptors (Lipinski definition) is 16. The third kappa shape index (κ3) is 4.96. The Kier molecular flexibility index (Phi) is 9.18. The van der Waals surface area contributed by atoms with Gasteiger partial charge in [0.1, 0.15) is 73.8 Å². The van der Waals surface area contributed by atoms with Crippen LogP contribution in [-0.2, 0) is 23.7 Å². The third-order valence-corrected chi connectivity index (χ3v) is 6.17. The zero-order chi connectivity index (χ0) is 25.4. The number of hydrogen-bond donors (Lipinski definition) is 11. The number of aliphatic hydroxyl groups excluding tert-OH is 11. The van der Waals surface area contributed by atoms with Crippen LogP contribution in [0.2, 0.25) is 0 Å². The second kappa shape index (κ2) is 11.2. The molecule has 0 saturated carbocycles. The third-order valence-electron chi connectivity index (χ3n) is 6.17. The average Bonchev–Trinajstić information content (AvgIpc) is 3.10. The van der Waals surface area contributed by atoms with Crippen molar-refractivity contribution >= 4 is 0 Å². The summed E-state index contributed by atoms with van der Waals surface area (Å²) in [5, 5.41) is 109. The Labute approximate surface area is 192 Å². The first kappa shape index (κ1) is 27.9. The molecule has 3 aliphatic heterocycles. The largest absolute Gasteiger partial charge is 0.394 e. The minimum absolute atomic E-state index is 0.777. The van der Waals surface area contributed by atoms with Crippen LogP contribution in [0.5, 0.6) is 0 Å². The second-order valence-corrected chi connectivity index (χ2v) is 8.37. The van der Waals surface area contributed by atoms with E-state index in [4.69, 9.17) is 23.7 Å². The predicted molar refractivity (Wildman–Crippen MR) is 101 cm³/mol. The van der Waals surface area contributed by atoms with Gasteiger partial charge >= 0.3 is 0 Å². The Morgan fingerprint density at radius 1 is 0.559 bits per heavy atom. The summed E-state index contributed by atoms with van der Waals surface area (Å²) in [4.78, 5) is 0. The van der Waals surface area contributed by atoms with Crippen LogP contribution in [0.4, 0.5) is 0 Å². The maximum Gasteiger partial charge on any atom is 0.224 e. The minimum Gasteiger partial charge on any atom is -0.394 e. The smallest absolute Gasteiger partial charge is 0.224 e. The fourth-order valence-corrected chi connectivity index (χ4v) is 4.12. The summed E-state index contributed by atoms with van der Waals surface area (Å²) in [6.07, 6.45) is -22.3. The number of rotatable bonds is 8. The molecule has 3 heterocycles. The predicted octanol–water partition coefficient (Wildman–Crippen LogP) is -7.57.